The van der Waals surface area contributed by atoms with Crippen molar-refractivity contribution in [2.75, 3.05) is 7.11 Å². The molecule has 2 aliphatic rings. The molecule has 0 heterocycles. The second-order valence-electron chi connectivity index (χ2n) is 8.55. The van der Waals surface area contributed by atoms with Crippen LogP contribution in [-0.2, 0) is 5.41 Å². The van der Waals surface area contributed by atoms with E-state index in [0.717, 1.165) is 30.4 Å². The lowest BCUT2D eigenvalue weighted by Gasteiger charge is -2.49. The molecule has 0 radical (unpaired) electrons. The Kier molecular flexibility index (Phi) is 3.94. The minimum Gasteiger partial charge on any atom is -0.504 e. The van der Waals surface area contributed by atoms with E-state index in [2.05, 4.69) is 13.8 Å². The first-order chi connectivity index (χ1) is 11.6. The molecule has 1 aromatic carbocycles. The molecule has 1 saturated carbocycles. The molecular weight excluding hydrogens is 316 g/mol. The highest BCUT2D eigenvalue weighted by molar-refractivity contribution is 6.11. The van der Waals surface area contributed by atoms with Gasteiger partial charge in [0.1, 0.15) is 0 Å². The third-order valence-corrected chi connectivity index (χ3v) is 6.06. The molecule has 0 aromatic heterocycles. The summed E-state index contributed by atoms with van der Waals surface area (Å²) in [6.07, 6.45) is 2.67. The second kappa shape index (κ2) is 5.52. The number of aliphatic hydroxyl groups excluding tert-OH is 1. The van der Waals surface area contributed by atoms with Crippen LogP contribution in [0, 0.1) is 5.41 Å². The van der Waals surface area contributed by atoms with Crippen LogP contribution in [0.5, 0.6) is 11.5 Å². The summed E-state index contributed by atoms with van der Waals surface area (Å²) in [5, 5.41) is 21.8. The van der Waals surface area contributed by atoms with Gasteiger partial charge in [-0.1, -0.05) is 41.0 Å². The minimum atomic E-state index is -0.568. The largest absolute Gasteiger partial charge is 0.504 e. The fourth-order valence-electron chi connectivity index (χ4n) is 5.01. The maximum absolute atomic E-state index is 13.0. The number of phenolic OH excluding ortho intramolecular Hbond substituents is 1. The zero-order valence-corrected chi connectivity index (χ0v) is 16.0. The van der Waals surface area contributed by atoms with Gasteiger partial charge in [0.25, 0.3) is 0 Å². The average molecular weight is 344 g/mol. The molecule has 1 atom stereocenters. The lowest BCUT2D eigenvalue weighted by atomic mass is 9.54. The molecule has 2 N–H and O–H groups in total. The number of phenols is 1. The Bertz CT molecular complexity index is 786. The van der Waals surface area contributed by atoms with Crippen LogP contribution in [-0.4, -0.2) is 23.1 Å². The number of hydrogen-bond acceptors (Lipinski definition) is 4. The standard InChI is InChI=1S/C21H28O4/c1-11(2)12-10-13-14(16(23)18(12)25-6)21(5)9-7-8-20(3,4)19(21)17(24)15(13)22/h10-11,23-24H,7-9H2,1-6H3/t21-/m1/s1. The number of allylic oxidation sites excluding steroid dienone is 2. The lowest BCUT2D eigenvalue weighted by Crippen LogP contribution is -2.43. The third kappa shape index (κ3) is 2.30. The van der Waals surface area contributed by atoms with Gasteiger partial charge in [0.2, 0.25) is 5.78 Å². The van der Waals surface area contributed by atoms with Crippen molar-refractivity contribution in [3.8, 4) is 11.5 Å². The fraction of sp³-hybridized carbons (Fsp3) is 0.571. The van der Waals surface area contributed by atoms with Gasteiger partial charge >= 0.3 is 0 Å². The number of methoxy groups -OCH3 is 1. The molecule has 1 aromatic rings. The van der Waals surface area contributed by atoms with Crippen molar-refractivity contribution < 1.29 is 19.7 Å². The summed E-state index contributed by atoms with van der Waals surface area (Å²) in [6, 6.07) is 1.79. The number of ether oxygens (including phenoxy) is 1. The number of fused-ring (bicyclic) bond motifs is 3. The Morgan fingerprint density at radius 3 is 2.36 bits per heavy atom. The fourth-order valence-corrected chi connectivity index (χ4v) is 5.01. The van der Waals surface area contributed by atoms with Crippen LogP contribution in [0.3, 0.4) is 0 Å². The zero-order chi connectivity index (χ0) is 18.7. The van der Waals surface area contributed by atoms with E-state index >= 15 is 0 Å². The van der Waals surface area contributed by atoms with E-state index in [1.165, 1.54) is 0 Å². The van der Waals surface area contributed by atoms with Gasteiger partial charge in [-0.3, -0.25) is 4.79 Å². The van der Waals surface area contributed by atoms with Gasteiger partial charge in [0, 0.05) is 22.1 Å². The summed E-state index contributed by atoms with van der Waals surface area (Å²) in [6.45, 7) is 10.1. The highest BCUT2D eigenvalue weighted by Crippen LogP contribution is 2.59. The molecule has 0 saturated heterocycles. The van der Waals surface area contributed by atoms with E-state index < -0.39 is 11.2 Å². The van der Waals surface area contributed by atoms with E-state index in [0.29, 0.717) is 16.9 Å². The van der Waals surface area contributed by atoms with Gasteiger partial charge in [-0.05, 0) is 35.8 Å². The van der Waals surface area contributed by atoms with Crippen molar-refractivity contribution in [2.45, 2.75) is 65.2 Å². The lowest BCUT2D eigenvalue weighted by molar-refractivity contribution is 0.0938. The maximum atomic E-state index is 13.0. The molecule has 0 spiro atoms. The van der Waals surface area contributed by atoms with Gasteiger partial charge < -0.3 is 14.9 Å². The molecule has 4 nitrogen and oxygen atoms in total. The number of benzene rings is 1. The van der Waals surface area contributed by atoms with E-state index in [1.807, 2.05) is 20.8 Å². The molecule has 0 amide bonds. The van der Waals surface area contributed by atoms with Crippen molar-refractivity contribution in [3.63, 3.8) is 0 Å². The predicted molar refractivity (Wildman–Crippen MR) is 97.7 cm³/mol. The van der Waals surface area contributed by atoms with Gasteiger partial charge in [-0.15, -0.1) is 0 Å². The Morgan fingerprint density at radius 1 is 1.16 bits per heavy atom. The first kappa shape index (κ1) is 17.8. The Balaban J connectivity index is 2.40. The number of rotatable bonds is 2. The highest BCUT2D eigenvalue weighted by atomic mass is 16.5. The molecule has 0 unspecified atom stereocenters. The number of carbonyl (C=O) groups is 1. The Labute approximate surface area is 149 Å². The van der Waals surface area contributed by atoms with Crippen LogP contribution < -0.4 is 4.74 Å². The minimum absolute atomic E-state index is 0.0437. The van der Waals surface area contributed by atoms with Crippen molar-refractivity contribution in [2.24, 2.45) is 5.41 Å². The second-order valence-corrected chi connectivity index (χ2v) is 8.55. The molecule has 25 heavy (non-hydrogen) atoms. The molecule has 4 heteroatoms. The molecule has 0 aliphatic heterocycles. The zero-order valence-electron chi connectivity index (χ0n) is 16.0. The summed E-state index contributed by atoms with van der Waals surface area (Å²) in [7, 11) is 1.54. The topological polar surface area (TPSA) is 66.8 Å². The van der Waals surface area contributed by atoms with Crippen LogP contribution in [0.1, 0.15) is 81.3 Å². The van der Waals surface area contributed by atoms with Crippen LogP contribution in [0.4, 0.5) is 0 Å². The number of carbonyl (C=O) groups excluding carboxylic acids is 1. The summed E-state index contributed by atoms with van der Waals surface area (Å²) >= 11 is 0. The molecule has 1 fully saturated rings. The molecule has 2 aliphatic carbocycles. The van der Waals surface area contributed by atoms with Crippen LogP contribution >= 0.6 is 0 Å². The van der Waals surface area contributed by atoms with E-state index in [4.69, 9.17) is 4.74 Å². The van der Waals surface area contributed by atoms with Crippen molar-refractivity contribution in [1.29, 1.82) is 0 Å². The van der Waals surface area contributed by atoms with E-state index in [1.54, 1.807) is 13.2 Å². The predicted octanol–water partition coefficient (Wildman–Crippen LogP) is 5.00. The monoisotopic (exact) mass is 344 g/mol. The van der Waals surface area contributed by atoms with Crippen molar-refractivity contribution in [3.05, 3.63) is 34.1 Å². The quantitative estimate of drug-likeness (QED) is 0.792. The third-order valence-electron chi connectivity index (χ3n) is 6.06. The summed E-state index contributed by atoms with van der Waals surface area (Å²) in [5.74, 6) is 0.0347. The van der Waals surface area contributed by atoms with Gasteiger partial charge in [0.05, 0.1) is 7.11 Å². The van der Waals surface area contributed by atoms with E-state index in [-0.39, 0.29) is 22.8 Å². The van der Waals surface area contributed by atoms with E-state index in [9.17, 15) is 15.0 Å². The molecule has 3 rings (SSSR count). The summed E-state index contributed by atoms with van der Waals surface area (Å²) in [5.41, 5.74) is 1.69. The molecule has 136 valence electrons. The smallest absolute Gasteiger partial charge is 0.227 e. The highest BCUT2D eigenvalue weighted by Gasteiger charge is 2.52. The van der Waals surface area contributed by atoms with Crippen LogP contribution in [0.25, 0.3) is 0 Å². The normalized spacial score (nSPS) is 25.0. The maximum Gasteiger partial charge on any atom is 0.227 e. The number of Topliss-reactive ketones (excluding diaryl/α,β-unsaturated/α-hetero) is 1. The van der Waals surface area contributed by atoms with Crippen molar-refractivity contribution >= 4 is 5.78 Å². The van der Waals surface area contributed by atoms with Crippen LogP contribution in [0.15, 0.2) is 17.4 Å². The van der Waals surface area contributed by atoms with Crippen molar-refractivity contribution in [1.82, 2.24) is 0 Å². The Morgan fingerprint density at radius 2 is 1.80 bits per heavy atom. The first-order valence-corrected chi connectivity index (χ1v) is 8.99. The number of hydrogen-bond donors (Lipinski definition) is 2. The number of aliphatic hydroxyl groups is 1. The number of ketones is 1. The van der Waals surface area contributed by atoms with Gasteiger partial charge in [-0.2, -0.15) is 0 Å². The van der Waals surface area contributed by atoms with Gasteiger partial charge in [0.15, 0.2) is 17.3 Å². The SMILES string of the molecule is COc1c(C(C)C)cc2c(c1O)[C@@]1(C)CCCC(C)(C)C1=C(O)C2=O. The summed E-state index contributed by atoms with van der Waals surface area (Å²) < 4.78 is 5.50. The number of aromatic hydroxyl groups is 1. The van der Waals surface area contributed by atoms with Crippen LogP contribution in [0.2, 0.25) is 0 Å². The summed E-state index contributed by atoms with van der Waals surface area (Å²) in [4.78, 5) is 13.0. The average Bonchev–Trinajstić information content (AvgIpc) is 2.50. The Hall–Kier alpha value is -1.97. The molecule has 0 bridgehead atoms. The molecular formula is C21H28O4. The first-order valence-electron chi connectivity index (χ1n) is 8.99. The van der Waals surface area contributed by atoms with Gasteiger partial charge in [-0.25, -0.2) is 0 Å².